The molecule has 2 rings (SSSR count). The first kappa shape index (κ1) is 18.6. The van der Waals surface area contributed by atoms with Gasteiger partial charge >= 0.3 is 0 Å². The van der Waals surface area contributed by atoms with Crippen molar-refractivity contribution in [2.45, 2.75) is 26.7 Å². The van der Waals surface area contributed by atoms with E-state index in [2.05, 4.69) is 27.5 Å². The van der Waals surface area contributed by atoms with E-state index in [-0.39, 0.29) is 0 Å². The van der Waals surface area contributed by atoms with Crippen LogP contribution in [0, 0.1) is 6.92 Å². The van der Waals surface area contributed by atoms with Crippen molar-refractivity contribution in [2.75, 3.05) is 38.5 Å². The monoisotopic (exact) mass is 346 g/mol. The van der Waals surface area contributed by atoms with Crippen LogP contribution >= 0.6 is 0 Å². The topological polar surface area (TPSA) is 77.5 Å². The molecular formula is C18H26N4O3. The van der Waals surface area contributed by atoms with Crippen LogP contribution in [-0.2, 0) is 0 Å². The fraction of sp³-hybridized carbons (Fsp3) is 0.444. The van der Waals surface area contributed by atoms with Crippen molar-refractivity contribution < 1.29 is 14.2 Å². The zero-order valence-corrected chi connectivity index (χ0v) is 15.5. The zero-order chi connectivity index (χ0) is 18.2. The summed E-state index contributed by atoms with van der Waals surface area (Å²) in [6.07, 6.45) is 2.23. The van der Waals surface area contributed by atoms with Crippen LogP contribution in [0.2, 0.25) is 0 Å². The minimum Gasteiger partial charge on any atom is -0.493 e. The van der Waals surface area contributed by atoms with E-state index in [1.165, 1.54) is 0 Å². The number of methoxy groups -OCH3 is 3. The van der Waals surface area contributed by atoms with Crippen molar-refractivity contribution >= 4 is 17.5 Å². The molecule has 0 saturated heterocycles. The average molecular weight is 346 g/mol. The van der Waals surface area contributed by atoms with E-state index in [0.29, 0.717) is 23.2 Å². The van der Waals surface area contributed by atoms with E-state index >= 15 is 0 Å². The molecule has 0 bridgehead atoms. The van der Waals surface area contributed by atoms with Gasteiger partial charge in [0.1, 0.15) is 5.82 Å². The Balaban J connectivity index is 2.26. The van der Waals surface area contributed by atoms with E-state index < -0.39 is 0 Å². The minimum absolute atomic E-state index is 0.508. The van der Waals surface area contributed by atoms with Crippen molar-refractivity contribution in [2.24, 2.45) is 0 Å². The summed E-state index contributed by atoms with van der Waals surface area (Å²) >= 11 is 0. The molecule has 0 aliphatic carbocycles. The van der Waals surface area contributed by atoms with Crippen LogP contribution in [0.1, 0.15) is 25.5 Å². The Morgan fingerprint density at radius 3 is 2.20 bits per heavy atom. The van der Waals surface area contributed by atoms with E-state index in [1.54, 1.807) is 21.3 Å². The molecule has 1 aromatic heterocycles. The molecule has 0 aliphatic heterocycles. The summed E-state index contributed by atoms with van der Waals surface area (Å²) in [4.78, 5) is 8.94. The molecule has 7 heteroatoms. The molecular weight excluding hydrogens is 320 g/mol. The Hall–Kier alpha value is -2.70. The molecule has 0 atom stereocenters. The maximum atomic E-state index is 5.37. The van der Waals surface area contributed by atoms with Gasteiger partial charge in [-0.25, -0.2) is 4.98 Å². The van der Waals surface area contributed by atoms with Gasteiger partial charge in [-0.15, -0.1) is 0 Å². The number of ether oxygens (including phenoxy) is 3. The summed E-state index contributed by atoms with van der Waals surface area (Å²) in [5.41, 5.74) is 1.63. The van der Waals surface area contributed by atoms with Crippen molar-refractivity contribution in [3.05, 3.63) is 23.9 Å². The lowest BCUT2D eigenvalue weighted by Crippen LogP contribution is -2.07. The molecule has 2 aromatic rings. The van der Waals surface area contributed by atoms with Gasteiger partial charge in [-0.3, -0.25) is 0 Å². The number of aromatic nitrogens is 2. The molecule has 0 aliphatic rings. The van der Waals surface area contributed by atoms with Gasteiger partial charge in [-0.1, -0.05) is 13.3 Å². The number of hydrogen-bond donors (Lipinski definition) is 2. The molecule has 25 heavy (non-hydrogen) atoms. The highest BCUT2D eigenvalue weighted by molar-refractivity contribution is 5.66. The van der Waals surface area contributed by atoms with E-state index in [4.69, 9.17) is 14.2 Å². The lowest BCUT2D eigenvalue weighted by molar-refractivity contribution is 0.324. The Bertz CT molecular complexity index is 682. The van der Waals surface area contributed by atoms with Crippen LogP contribution in [-0.4, -0.2) is 37.8 Å². The molecule has 2 N–H and O–H groups in total. The summed E-state index contributed by atoms with van der Waals surface area (Å²) in [5, 5.41) is 6.51. The number of benzene rings is 1. The van der Waals surface area contributed by atoms with Gasteiger partial charge in [0.15, 0.2) is 11.5 Å². The first-order chi connectivity index (χ1) is 12.1. The second kappa shape index (κ2) is 8.96. The third kappa shape index (κ3) is 4.89. The number of aryl methyl sites for hydroxylation is 1. The van der Waals surface area contributed by atoms with Gasteiger partial charge in [0.2, 0.25) is 11.7 Å². The second-order valence-corrected chi connectivity index (χ2v) is 5.54. The van der Waals surface area contributed by atoms with Gasteiger partial charge in [-0.05, 0) is 13.3 Å². The number of nitrogens with zero attached hydrogens (tertiary/aromatic N) is 2. The second-order valence-electron chi connectivity index (χ2n) is 5.54. The first-order valence-corrected chi connectivity index (χ1v) is 8.27. The van der Waals surface area contributed by atoms with Gasteiger partial charge < -0.3 is 24.8 Å². The van der Waals surface area contributed by atoms with Crippen LogP contribution in [0.15, 0.2) is 18.2 Å². The summed E-state index contributed by atoms with van der Waals surface area (Å²) in [7, 11) is 4.74. The standard InChI is InChI=1S/C18H26N4O3/c1-6-7-8-19-16-9-12(2)20-18(22-16)21-13-10-14(23-3)17(25-5)15(11-13)24-4/h9-11H,6-8H2,1-5H3,(H2,19,20,21,22). The average Bonchev–Trinajstić information content (AvgIpc) is 2.60. The highest BCUT2D eigenvalue weighted by Crippen LogP contribution is 2.40. The molecule has 7 nitrogen and oxygen atoms in total. The molecule has 1 heterocycles. The van der Waals surface area contributed by atoms with Gasteiger partial charge in [0, 0.05) is 36.1 Å². The zero-order valence-electron chi connectivity index (χ0n) is 15.5. The third-order valence-electron chi connectivity index (χ3n) is 3.61. The van der Waals surface area contributed by atoms with Crippen LogP contribution < -0.4 is 24.8 Å². The molecule has 0 spiro atoms. The van der Waals surface area contributed by atoms with Crippen LogP contribution in [0.3, 0.4) is 0 Å². The summed E-state index contributed by atoms with van der Waals surface area (Å²) in [5.74, 6) is 2.99. The summed E-state index contributed by atoms with van der Waals surface area (Å²) in [6, 6.07) is 5.56. The lowest BCUT2D eigenvalue weighted by Gasteiger charge is -2.15. The highest BCUT2D eigenvalue weighted by Gasteiger charge is 2.14. The Labute approximate surface area is 148 Å². The van der Waals surface area contributed by atoms with Crippen LogP contribution in [0.25, 0.3) is 0 Å². The Kier molecular flexibility index (Phi) is 6.68. The molecule has 136 valence electrons. The SMILES string of the molecule is CCCCNc1cc(C)nc(Nc2cc(OC)c(OC)c(OC)c2)n1. The lowest BCUT2D eigenvalue weighted by atomic mass is 10.2. The Morgan fingerprint density at radius 1 is 0.960 bits per heavy atom. The molecule has 0 unspecified atom stereocenters. The van der Waals surface area contributed by atoms with Crippen LogP contribution in [0.4, 0.5) is 17.5 Å². The maximum Gasteiger partial charge on any atom is 0.229 e. The largest absolute Gasteiger partial charge is 0.493 e. The number of unbranched alkanes of at least 4 members (excludes halogenated alkanes) is 1. The van der Waals surface area contributed by atoms with E-state index in [1.807, 2.05) is 25.1 Å². The van der Waals surface area contributed by atoms with Crippen LogP contribution in [0.5, 0.6) is 17.2 Å². The number of nitrogens with one attached hydrogen (secondary N) is 2. The fourth-order valence-corrected chi connectivity index (χ4v) is 2.39. The predicted octanol–water partition coefficient (Wildman–Crippen LogP) is 3.77. The fourth-order valence-electron chi connectivity index (χ4n) is 2.39. The van der Waals surface area contributed by atoms with Crippen molar-refractivity contribution in [1.82, 2.24) is 9.97 Å². The molecule has 0 saturated carbocycles. The molecule has 0 fully saturated rings. The summed E-state index contributed by atoms with van der Waals surface area (Å²) < 4.78 is 16.1. The molecule has 0 radical (unpaired) electrons. The third-order valence-corrected chi connectivity index (χ3v) is 3.61. The molecule has 1 aromatic carbocycles. The number of hydrogen-bond acceptors (Lipinski definition) is 7. The van der Waals surface area contributed by atoms with Crippen molar-refractivity contribution in [1.29, 1.82) is 0 Å². The van der Waals surface area contributed by atoms with E-state index in [0.717, 1.165) is 36.6 Å². The van der Waals surface area contributed by atoms with Gasteiger partial charge in [0.25, 0.3) is 0 Å². The first-order valence-electron chi connectivity index (χ1n) is 8.27. The number of anilines is 3. The normalized spacial score (nSPS) is 10.3. The quantitative estimate of drug-likeness (QED) is 0.669. The minimum atomic E-state index is 0.508. The van der Waals surface area contributed by atoms with Gasteiger partial charge in [-0.2, -0.15) is 4.98 Å². The summed E-state index contributed by atoms with van der Waals surface area (Å²) in [6.45, 7) is 4.98. The number of rotatable bonds is 9. The van der Waals surface area contributed by atoms with Crippen molar-refractivity contribution in [3.8, 4) is 17.2 Å². The van der Waals surface area contributed by atoms with Gasteiger partial charge in [0.05, 0.1) is 21.3 Å². The van der Waals surface area contributed by atoms with Crippen molar-refractivity contribution in [3.63, 3.8) is 0 Å². The highest BCUT2D eigenvalue weighted by atomic mass is 16.5. The Morgan fingerprint density at radius 2 is 1.64 bits per heavy atom. The van der Waals surface area contributed by atoms with E-state index in [9.17, 15) is 0 Å². The smallest absolute Gasteiger partial charge is 0.229 e. The predicted molar refractivity (Wildman–Crippen MR) is 99.5 cm³/mol. The molecule has 0 amide bonds. The maximum absolute atomic E-state index is 5.37.